The zero-order chi connectivity index (χ0) is 21.7. The summed E-state index contributed by atoms with van der Waals surface area (Å²) in [6.07, 6.45) is 3.05. The second kappa shape index (κ2) is 9.87. The predicted molar refractivity (Wildman–Crippen MR) is 128 cm³/mol. The van der Waals surface area contributed by atoms with Gasteiger partial charge in [0.25, 0.3) is 0 Å². The minimum Gasteiger partial charge on any atom is -0.467 e. The highest BCUT2D eigenvalue weighted by Gasteiger charge is 2.30. The molecule has 2 atom stereocenters. The van der Waals surface area contributed by atoms with Gasteiger partial charge in [0.05, 0.1) is 5.54 Å². The van der Waals surface area contributed by atoms with Crippen molar-refractivity contribution in [1.82, 2.24) is 0 Å². The summed E-state index contributed by atoms with van der Waals surface area (Å²) in [5.74, 6) is 0.954. The number of nitrogens with zero attached hydrogens (tertiary/aromatic N) is 1. The fourth-order valence-electron chi connectivity index (χ4n) is 3.30. The van der Waals surface area contributed by atoms with Gasteiger partial charge in [-0.1, -0.05) is 64.4 Å². The van der Waals surface area contributed by atoms with Gasteiger partial charge in [-0.2, -0.15) is 0 Å². The van der Waals surface area contributed by atoms with Crippen molar-refractivity contribution in [1.29, 1.82) is 0 Å². The molecule has 2 unspecified atom stereocenters. The van der Waals surface area contributed by atoms with E-state index < -0.39 is 0 Å². The number of aliphatic imine (C=N–C) groups is 1. The van der Waals surface area contributed by atoms with Gasteiger partial charge in [-0.15, -0.1) is 0 Å². The Morgan fingerprint density at radius 2 is 1.76 bits per heavy atom. The second-order valence-corrected chi connectivity index (χ2v) is 10.7. The molecular weight excluding hydrogens is 377 g/mol. The number of rotatable bonds is 8. The van der Waals surface area contributed by atoms with Crippen LogP contribution in [-0.2, 0) is 9.89 Å². The Kier molecular flexibility index (Phi) is 8.02. The maximum atomic E-state index is 6.04. The summed E-state index contributed by atoms with van der Waals surface area (Å²) >= 11 is 0. The Hall–Kier alpha value is -1.70. The Morgan fingerprint density at radius 1 is 1.07 bits per heavy atom. The molecule has 0 heterocycles. The molecule has 4 heteroatoms. The Balaban J connectivity index is 2.50. The first-order valence-electron chi connectivity index (χ1n) is 10.3. The minimum absolute atomic E-state index is 0.0362. The minimum atomic E-state index is -0.0842. The van der Waals surface area contributed by atoms with E-state index in [9.17, 15) is 0 Å². The number of hydrogen-bond donors (Lipinski definition) is 0. The first-order valence-corrected chi connectivity index (χ1v) is 11.3. The van der Waals surface area contributed by atoms with Gasteiger partial charge in [0.2, 0.25) is 0 Å². The summed E-state index contributed by atoms with van der Waals surface area (Å²) in [7, 11) is 2.26. The molecule has 0 aliphatic rings. The standard InChI is InChI=1S/C25H36NO2P/c1-9-25(7,21-15-18(2)14-19(3)23(21)28-17-27-8)29-22-13-11-10-12-20(22)16-26-24(4,5)6/h10-16,29H,9,17H2,1-8H3/b26-16+. The molecule has 0 N–H and O–H groups in total. The molecule has 2 rings (SSSR count). The quantitative estimate of drug-likeness (QED) is 0.296. The smallest absolute Gasteiger partial charge is 0.188 e. The summed E-state index contributed by atoms with van der Waals surface area (Å²) in [6.45, 7) is 15.5. The van der Waals surface area contributed by atoms with Crippen molar-refractivity contribution in [3.63, 3.8) is 0 Å². The zero-order valence-corrected chi connectivity index (χ0v) is 20.2. The molecule has 0 saturated heterocycles. The van der Waals surface area contributed by atoms with Gasteiger partial charge >= 0.3 is 0 Å². The van der Waals surface area contributed by atoms with Crippen LogP contribution in [-0.4, -0.2) is 25.7 Å². The van der Waals surface area contributed by atoms with Crippen LogP contribution < -0.4 is 10.0 Å². The molecule has 0 aromatic heterocycles. The topological polar surface area (TPSA) is 30.8 Å². The van der Waals surface area contributed by atoms with E-state index in [2.05, 4.69) is 84.9 Å². The highest BCUT2D eigenvalue weighted by molar-refractivity contribution is 7.48. The lowest BCUT2D eigenvalue weighted by Crippen LogP contribution is -2.22. The Labute approximate surface area is 178 Å². The third-order valence-corrected chi connectivity index (χ3v) is 6.90. The molecule has 29 heavy (non-hydrogen) atoms. The van der Waals surface area contributed by atoms with E-state index in [4.69, 9.17) is 14.5 Å². The highest BCUT2D eigenvalue weighted by atomic mass is 31.1. The zero-order valence-electron chi connectivity index (χ0n) is 19.2. The van der Waals surface area contributed by atoms with E-state index in [0.29, 0.717) is 8.58 Å². The first-order chi connectivity index (χ1) is 13.6. The number of hydrogen-bond acceptors (Lipinski definition) is 3. The van der Waals surface area contributed by atoms with E-state index >= 15 is 0 Å². The number of benzene rings is 2. The molecule has 0 spiro atoms. The summed E-state index contributed by atoms with van der Waals surface area (Å²) in [6, 6.07) is 13.1. The van der Waals surface area contributed by atoms with Gasteiger partial charge in [0.1, 0.15) is 5.75 Å². The summed E-state index contributed by atoms with van der Waals surface area (Å²) < 4.78 is 11.2. The van der Waals surface area contributed by atoms with E-state index in [1.807, 2.05) is 6.21 Å². The molecule has 0 aliphatic heterocycles. The molecule has 0 aliphatic carbocycles. The Bertz CT molecular complexity index is 854. The van der Waals surface area contributed by atoms with Crippen LogP contribution in [0, 0.1) is 13.8 Å². The van der Waals surface area contributed by atoms with Crippen molar-refractivity contribution >= 4 is 20.1 Å². The third kappa shape index (κ3) is 6.39. The van der Waals surface area contributed by atoms with Crippen LogP contribution in [0.5, 0.6) is 5.75 Å². The van der Waals surface area contributed by atoms with Crippen LogP contribution in [0.2, 0.25) is 0 Å². The van der Waals surface area contributed by atoms with Gasteiger partial charge in [-0.05, 0) is 57.5 Å². The molecule has 0 fully saturated rings. The van der Waals surface area contributed by atoms with Crippen molar-refractivity contribution in [3.05, 3.63) is 58.7 Å². The molecule has 3 nitrogen and oxygen atoms in total. The van der Waals surface area contributed by atoms with Crippen LogP contribution in [0.1, 0.15) is 63.3 Å². The van der Waals surface area contributed by atoms with Gasteiger partial charge in [0, 0.05) is 24.0 Å². The highest BCUT2D eigenvalue weighted by Crippen LogP contribution is 2.48. The van der Waals surface area contributed by atoms with E-state index in [-0.39, 0.29) is 17.5 Å². The monoisotopic (exact) mass is 413 g/mol. The van der Waals surface area contributed by atoms with Gasteiger partial charge in [-0.25, -0.2) is 0 Å². The molecule has 0 amide bonds. The summed E-state index contributed by atoms with van der Waals surface area (Å²) in [5.41, 5.74) is 4.79. The van der Waals surface area contributed by atoms with Gasteiger partial charge < -0.3 is 9.47 Å². The van der Waals surface area contributed by atoms with Crippen molar-refractivity contribution in [3.8, 4) is 5.75 Å². The maximum Gasteiger partial charge on any atom is 0.188 e. The van der Waals surface area contributed by atoms with Crippen LogP contribution in [0.3, 0.4) is 0 Å². The lowest BCUT2D eigenvalue weighted by Gasteiger charge is -2.32. The van der Waals surface area contributed by atoms with E-state index in [0.717, 1.165) is 17.7 Å². The predicted octanol–water partition coefficient (Wildman–Crippen LogP) is 6.13. The molecule has 0 radical (unpaired) electrons. The van der Waals surface area contributed by atoms with Crippen LogP contribution in [0.4, 0.5) is 0 Å². The van der Waals surface area contributed by atoms with Crippen molar-refractivity contribution in [2.45, 2.75) is 65.6 Å². The maximum absolute atomic E-state index is 6.04. The lowest BCUT2D eigenvalue weighted by molar-refractivity contribution is 0.0495. The largest absolute Gasteiger partial charge is 0.467 e. The average molecular weight is 414 g/mol. The Morgan fingerprint density at radius 3 is 2.38 bits per heavy atom. The fraction of sp³-hybridized carbons (Fsp3) is 0.480. The fourth-order valence-corrected chi connectivity index (χ4v) is 4.87. The van der Waals surface area contributed by atoms with Crippen molar-refractivity contribution in [2.75, 3.05) is 13.9 Å². The van der Waals surface area contributed by atoms with Crippen LogP contribution in [0.25, 0.3) is 0 Å². The lowest BCUT2D eigenvalue weighted by atomic mass is 9.92. The van der Waals surface area contributed by atoms with E-state index in [1.54, 1.807) is 7.11 Å². The van der Waals surface area contributed by atoms with E-state index in [1.165, 1.54) is 22.0 Å². The van der Waals surface area contributed by atoms with Crippen molar-refractivity contribution in [2.24, 2.45) is 4.99 Å². The van der Waals surface area contributed by atoms with Gasteiger partial charge in [0.15, 0.2) is 6.79 Å². The normalized spacial score (nSPS) is 14.6. The van der Waals surface area contributed by atoms with Crippen LogP contribution >= 0.6 is 8.58 Å². The molecule has 0 bridgehead atoms. The number of ether oxygens (including phenoxy) is 2. The summed E-state index contributed by atoms with van der Waals surface area (Å²) in [4.78, 5) is 4.74. The molecule has 2 aromatic rings. The number of methoxy groups -OCH3 is 1. The molecule has 0 saturated carbocycles. The van der Waals surface area contributed by atoms with Crippen LogP contribution in [0.15, 0.2) is 41.4 Å². The first kappa shape index (κ1) is 23.6. The SMILES string of the molecule is CCC(C)(Pc1ccccc1/C=N/C(C)(C)C)c1cc(C)cc(C)c1OCOC. The molecule has 158 valence electrons. The number of aryl methyl sites for hydroxylation is 2. The molecule has 2 aromatic carbocycles. The summed E-state index contributed by atoms with van der Waals surface area (Å²) in [5, 5.41) is 1.30. The van der Waals surface area contributed by atoms with Crippen molar-refractivity contribution < 1.29 is 9.47 Å². The molecular formula is C25H36NO2P. The third-order valence-electron chi connectivity index (χ3n) is 5.00. The van der Waals surface area contributed by atoms with Gasteiger partial charge in [-0.3, -0.25) is 4.99 Å². The average Bonchev–Trinajstić information content (AvgIpc) is 2.65. The second-order valence-electron chi connectivity index (χ2n) is 8.84.